The van der Waals surface area contributed by atoms with Crippen molar-refractivity contribution in [3.05, 3.63) is 30.1 Å². The van der Waals surface area contributed by atoms with Gasteiger partial charge >= 0.3 is 5.97 Å². The third-order valence-electron chi connectivity index (χ3n) is 5.33. The van der Waals surface area contributed by atoms with Crippen LogP contribution in [0.5, 0.6) is 0 Å². The van der Waals surface area contributed by atoms with Crippen molar-refractivity contribution < 1.29 is 27.5 Å². The van der Waals surface area contributed by atoms with E-state index < -0.39 is 33.8 Å². The molecule has 1 amide bonds. The van der Waals surface area contributed by atoms with Crippen LogP contribution in [0.4, 0.5) is 4.39 Å². The van der Waals surface area contributed by atoms with E-state index in [1.54, 1.807) is 0 Å². The smallest absolute Gasteiger partial charge is 0.326 e. The van der Waals surface area contributed by atoms with Gasteiger partial charge in [-0.2, -0.15) is 4.31 Å². The van der Waals surface area contributed by atoms with Crippen molar-refractivity contribution in [3.63, 3.8) is 0 Å². The first-order chi connectivity index (χ1) is 12.8. The van der Waals surface area contributed by atoms with Gasteiger partial charge in [0.05, 0.1) is 0 Å². The van der Waals surface area contributed by atoms with Crippen LogP contribution in [-0.4, -0.2) is 60.3 Å². The maximum Gasteiger partial charge on any atom is 0.326 e. The second-order valence-electron chi connectivity index (χ2n) is 6.99. The SMILES string of the molecule is O=C(O)C1CCCCN1C(=O)C1CCN(S(=O)(=O)c2ccccc2F)CC1. The van der Waals surface area contributed by atoms with Gasteiger partial charge in [-0.05, 0) is 44.2 Å². The van der Waals surface area contributed by atoms with E-state index in [1.165, 1.54) is 27.4 Å². The summed E-state index contributed by atoms with van der Waals surface area (Å²) in [4.78, 5) is 25.3. The van der Waals surface area contributed by atoms with E-state index in [0.29, 0.717) is 25.8 Å². The van der Waals surface area contributed by atoms with Gasteiger partial charge in [-0.15, -0.1) is 0 Å². The molecule has 7 nitrogen and oxygen atoms in total. The number of amides is 1. The minimum Gasteiger partial charge on any atom is -0.480 e. The topological polar surface area (TPSA) is 95.0 Å². The van der Waals surface area contributed by atoms with E-state index in [1.807, 2.05) is 0 Å². The number of carbonyl (C=O) groups is 2. The molecule has 0 bridgehead atoms. The third kappa shape index (κ3) is 3.98. The predicted molar refractivity (Wildman–Crippen MR) is 94.9 cm³/mol. The van der Waals surface area contributed by atoms with Crippen molar-refractivity contribution in [1.82, 2.24) is 9.21 Å². The van der Waals surface area contributed by atoms with Gasteiger partial charge in [0.15, 0.2) is 0 Å². The van der Waals surface area contributed by atoms with Crippen molar-refractivity contribution >= 4 is 21.9 Å². The van der Waals surface area contributed by atoms with Gasteiger partial charge in [-0.1, -0.05) is 12.1 Å². The lowest BCUT2D eigenvalue weighted by Crippen LogP contribution is -2.52. The van der Waals surface area contributed by atoms with Gasteiger partial charge < -0.3 is 10.0 Å². The van der Waals surface area contributed by atoms with Gasteiger partial charge in [0, 0.05) is 25.6 Å². The summed E-state index contributed by atoms with van der Waals surface area (Å²) in [6, 6.07) is 4.43. The molecule has 9 heteroatoms. The average molecular weight is 398 g/mol. The molecule has 1 N–H and O–H groups in total. The van der Waals surface area contributed by atoms with E-state index >= 15 is 0 Å². The van der Waals surface area contributed by atoms with Gasteiger partial charge in [0.25, 0.3) is 0 Å². The number of sulfonamides is 1. The molecule has 2 aliphatic heterocycles. The molecule has 0 aliphatic carbocycles. The molecule has 1 aromatic rings. The number of piperidine rings is 2. The summed E-state index contributed by atoms with van der Waals surface area (Å²) in [5.41, 5.74) is 0. The second-order valence-corrected chi connectivity index (χ2v) is 8.90. The number of rotatable bonds is 4. The zero-order chi connectivity index (χ0) is 19.6. The monoisotopic (exact) mass is 398 g/mol. The molecule has 27 heavy (non-hydrogen) atoms. The maximum atomic E-state index is 13.9. The number of halogens is 1. The highest BCUT2D eigenvalue weighted by molar-refractivity contribution is 7.89. The molecule has 1 unspecified atom stereocenters. The molecule has 2 saturated heterocycles. The van der Waals surface area contributed by atoms with Crippen molar-refractivity contribution in [2.75, 3.05) is 19.6 Å². The van der Waals surface area contributed by atoms with Crippen molar-refractivity contribution in [2.24, 2.45) is 5.92 Å². The first kappa shape index (κ1) is 19.8. The summed E-state index contributed by atoms with van der Waals surface area (Å²) < 4.78 is 40.4. The molecular weight excluding hydrogens is 375 g/mol. The highest BCUT2D eigenvalue weighted by Gasteiger charge is 2.38. The first-order valence-corrected chi connectivity index (χ1v) is 10.5. The van der Waals surface area contributed by atoms with Crippen LogP contribution >= 0.6 is 0 Å². The Hall–Kier alpha value is -2.00. The fourth-order valence-corrected chi connectivity index (χ4v) is 5.36. The van der Waals surface area contributed by atoms with Crippen LogP contribution in [0.3, 0.4) is 0 Å². The van der Waals surface area contributed by atoms with Crippen LogP contribution in [-0.2, 0) is 19.6 Å². The van der Waals surface area contributed by atoms with Gasteiger partial charge in [-0.25, -0.2) is 17.6 Å². The number of carboxylic acid groups (broad SMARTS) is 1. The highest BCUT2D eigenvalue weighted by atomic mass is 32.2. The fraction of sp³-hybridized carbons (Fsp3) is 0.556. The summed E-state index contributed by atoms with van der Waals surface area (Å²) >= 11 is 0. The maximum absolute atomic E-state index is 13.9. The number of nitrogens with zero attached hydrogens (tertiary/aromatic N) is 2. The van der Waals surface area contributed by atoms with Crippen LogP contribution in [0, 0.1) is 11.7 Å². The molecule has 3 rings (SSSR count). The van der Waals surface area contributed by atoms with E-state index in [2.05, 4.69) is 0 Å². The Kier molecular flexibility index (Phi) is 5.81. The number of hydrogen-bond donors (Lipinski definition) is 1. The standard InChI is InChI=1S/C18H23FN2O5S/c19-14-5-1-2-7-16(14)27(25,26)20-11-8-13(9-12-20)17(22)21-10-4-3-6-15(21)18(23)24/h1-2,5,7,13,15H,3-4,6,8-12H2,(H,23,24). The summed E-state index contributed by atoms with van der Waals surface area (Å²) in [6.07, 6.45) is 2.60. The Bertz CT molecular complexity index is 821. The van der Waals surface area contributed by atoms with Gasteiger partial charge in [0.2, 0.25) is 15.9 Å². The van der Waals surface area contributed by atoms with Crippen LogP contribution < -0.4 is 0 Å². The average Bonchev–Trinajstić information content (AvgIpc) is 2.67. The highest BCUT2D eigenvalue weighted by Crippen LogP contribution is 2.28. The van der Waals surface area contributed by atoms with Crippen molar-refractivity contribution in [1.29, 1.82) is 0 Å². The number of aliphatic carboxylic acids is 1. The Balaban J connectivity index is 1.67. The van der Waals surface area contributed by atoms with E-state index in [-0.39, 0.29) is 23.9 Å². The zero-order valence-corrected chi connectivity index (χ0v) is 15.7. The molecule has 1 aromatic carbocycles. The first-order valence-electron chi connectivity index (χ1n) is 9.10. The van der Waals surface area contributed by atoms with Crippen LogP contribution in [0.2, 0.25) is 0 Å². The molecule has 0 saturated carbocycles. The second kappa shape index (κ2) is 7.93. The Morgan fingerprint density at radius 2 is 1.70 bits per heavy atom. The molecular formula is C18H23FN2O5S. The number of carbonyl (C=O) groups excluding carboxylic acids is 1. The van der Waals surface area contributed by atoms with Crippen LogP contribution in [0.25, 0.3) is 0 Å². The molecule has 0 aromatic heterocycles. The Labute approximate surface area is 157 Å². The quantitative estimate of drug-likeness (QED) is 0.833. The van der Waals surface area contributed by atoms with Crippen molar-refractivity contribution in [2.45, 2.75) is 43.0 Å². The minimum absolute atomic E-state index is 0.110. The molecule has 2 fully saturated rings. The van der Waals surface area contributed by atoms with Crippen LogP contribution in [0.1, 0.15) is 32.1 Å². The predicted octanol–water partition coefficient (Wildman–Crippen LogP) is 1.69. The lowest BCUT2D eigenvalue weighted by Gasteiger charge is -2.38. The van der Waals surface area contributed by atoms with Gasteiger partial charge in [-0.3, -0.25) is 4.79 Å². The summed E-state index contributed by atoms with van der Waals surface area (Å²) in [5, 5.41) is 9.34. The number of likely N-dealkylation sites (tertiary alicyclic amines) is 1. The Morgan fingerprint density at radius 3 is 2.33 bits per heavy atom. The number of benzene rings is 1. The molecule has 0 spiro atoms. The lowest BCUT2D eigenvalue weighted by molar-refractivity contribution is -0.154. The summed E-state index contributed by atoms with van der Waals surface area (Å²) in [6.45, 7) is 0.640. The molecule has 2 heterocycles. The minimum atomic E-state index is -3.95. The van der Waals surface area contributed by atoms with E-state index in [9.17, 15) is 27.5 Å². The van der Waals surface area contributed by atoms with E-state index in [0.717, 1.165) is 18.9 Å². The summed E-state index contributed by atoms with van der Waals surface area (Å²) in [7, 11) is -3.95. The lowest BCUT2D eigenvalue weighted by atomic mass is 9.93. The zero-order valence-electron chi connectivity index (χ0n) is 14.9. The van der Waals surface area contributed by atoms with Gasteiger partial charge in [0.1, 0.15) is 16.8 Å². The van der Waals surface area contributed by atoms with Crippen LogP contribution in [0.15, 0.2) is 29.2 Å². The summed E-state index contributed by atoms with van der Waals surface area (Å²) in [5.74, 6) is -2.42. The molecule has 148 valence electrons. The molecule has 0 radical (unpaired) electrons. The molecule has 1 atom stereocenters. The van der Waals surface area contributed by atoms with E-state index in [4.69, 9.17) is 0 Å². The largest absolute Gasteiger partial charge is 0.480 e. The molecule has 2 aliphatic rings. The third-order valence-corrected chi connectivity index (χ3v) is 7.26. The Morgan fingerprint density at radius 1 is 1.04 bits per heavy atom. The normalized spacial score (nSPS) is 22.6. The number of hydrogen-bond acceptors (Lipinski definition) is 4. The van der Waals surface area contributed by atoms with Crippen molar-refractivity contribution in [3.8, 4) is 0 Å². The number of carboxylic acids is 1. The fourth-order valence-electron chi connectivity index (χ4n) is 3.82.